The Hall–Kier alpha value is -1.59. The number of hydrogen-bond acceptors (Lipinski definition) is 4. The Balaban J connectivity index is 3.07. The van der Waals surface area contributed by atoms with Crippen LogP contribution in [0.5, 0.6) is 0 Å². The molecule has 0 unspecified atom stereocenters. The SMILES string of the molecule is Cc1ccnc(N(CC#N)CC#N)c1Br. The minimum atomic E-state index is 0.155. The molecular formula is C10H9BrN4. The third kappa shape index (κ3) is 2.68. The molecule has 1 aromatic rings. The average Bonchev–Trinajstić information content (AvgIpc) is 2.22. The summed E-state index contributed by atoms with van der Waals surface area (Å²) in [6.45, 7) is 2.25. The highest BCUT2D eigenvalue weighted by Gasteiger charge is 2.11. The minimum Gasteiger partial charge on any atom is -0.329 e. The van der Waals surface area contributed by atoms with E-state index in [1.54, 1.807) is 11.1 Å². The van der Waals surface area contributed by atoms with E-state index in [4.69, 9.17) is 10.5 Å². The Kier molecular flexibility index (Phi) is 4.08. The fourth-order valence-corrected chi connectivity index (χ4v) is 1.61. The Morgan fingerprint density at radius 2 is 2.00 bits per heavy atom. The van der Waals surface area contributed by atoms with Gasteiger partial charge in [-0.25, -0.2) is 4.98 Å². The fraction of sp³-hybridized carbons (Fsp3) is 0.300. The highest BCUT2D eigenvalue weighted by molar-refractivity contribution is 9.10. The molecule has 5 heteroatoms. The number of aromatic nitrogens is 1. The molecule has 1 aromatic heterocycles. The van der Waals surface area contributed by atoms with E-state index >= 15 is 0 Å². The number of nitrogens with zero attached hydrogens (tertiary/aromatic N) is 4. The predicted molar refractivity (Wildman–Crippen MR) is 60.1 cm³/mol. The first-order valence-electron chi connectivity index (χ1n) is 4.30. The lowest BCUT2D eigenvalue weighted by Gasteiger charge is -2.18. The summed E-state index contributed by atoms with van der Waals surface area (Å²) in [5.41, 5.74) is 1.03. The van der Waals surface area contributed by atoms with E-state index in [0.29, 0.717) is 5.82 Å². The van der Waals surface area contributed by atoms with Crippen molar-refractivity contribution in [2.75, 3.05) is 18.0 Å². The molecule has 0 atom stereocenters. The topological polar surface area (TPSA) is 63.7 Å². The largest absolute Gasteiger partial charge is 0.329 e. The van der Waals surface area contributed by atoms with Gasteiger partial charge < -0.3 is 4.90 Å². The van der Waals surface area contributed by atoms with Crippen LogP contribution in [0.1, 0.15) is 5.56 Å². The number of halogens is 1. The average molecular weight is 265 g/mol. The normalized spacial score (nSPS) is 9.07. The zero-order valence-corrected chi connectivity index (χ0v) is 9.82. The van der Waals surface area contributed by atoms with Crippen LogP contribution in [0.4, 0.5) is 5.82 Å². The molecule has 0 amide bonds. The third-order valence-corrected chi connectivity index (χ3v) is 2.87. The molecule has 0 aliphatic heterocycles. The first-order valence-corrected chi connectivity index (χ1v) is 5.10. The van der Waals surface area contributed by atoms with Crippen molar-refractivity contribution < 1.29 is 0 Å². The van der Waals surface area contributed by atoms with Crippen LogP contribution in [0.25, 0.3) is 0 Å². The van der Waals surface area contributed by atoms with E-state index in [1.807, 2.05) is 25.1 Å². The van der Waals surface area contributed by atoms with Crippen LogP contribution in [0, 0.1) is 29.6 Å². The van der Waals surface area contributed by atoms with E-state index in [0.717, 1.165) is 10.0 Å². The van der Waals surface area contributed by atoms with Gasteiger partial charge in [-0.3, -0.25) is 0 Å². The summed E-state index contributed by atoms with van der Waals surface area (Å²) in [5.74, 6) is 0.637. The van der Waals surface area contributed by atoms with Crippen molar-refractivity contribution in [1.82, 2.24) is 4.98 Å². The Morgan fingerprint density at radius 3 is 2.53 bits per heavy atom. The molecule has 1 rings (SSSR count). The number of nitriles is 2. The molecule has 0 aromatic carbocycles. The van der Waals surface area contributed by atoms with Gasteiger partial charge in [-0.1, -0.05) is 0 Å². The number of aryl methyl sites for hydroxylation is 1. The van der Waals surface area contributed by atoms with Gasteiger partial charge in [-0.2, -0.15) is 10.5 Å². The number of pyridine rings is 1. The first-order chi connectivity index (χ1) is 7.20. The van der Waals surface area contributed by atoms with Gasteiger partial charge in [-0.15, -0.1) is 0 Å². The molecule has 0 aliphatic carbocycles. The summed E-state index contributed by atoms with van der Waals surface area (Å²) in [4.78, 5) is 5.78. The van der Waals surface area contributed by atoms with Crippen molar-refractivity contribution in [3.8, 4) is 12.1 Å². The van der Waals surface area contributed by atoms with Gasteiger partial charge in [0.1, 0.15) is 18.9 Å². The number of rotatable bonds is 3. The van der Waals surface area contributed by atoms with Crippen LogP contribution >= 0.6 is 15.9 Å². The van der Waals surface area contributed by atoms with Gasteiger partial charge in [-0.05, 0) is 34.5 Å². The molecule has 1 heterocycles. The molecule has 0 saturated carbocycles. The predicted octanol–water partition coefficient (Wildman–Crippen LogP) is 2.01. The van der Waals surface area contributed by atoms with Crippen molar-refractivity contribution in [2.45, 2.75) is 6.92 Å². The zero-order valence-electron chi connectivity index (χ0n) is 8.24. The molecule has 76 valence electrons. The van der Waals surface area contributed by atoms with Crippen LogP contribution in [0.3, 0.4) is 0 Å². The van der Waals surface area contributed by atoms with E-state index < -0.39 is 0 Å². The lowest BCUT2D eigenvalue weighted by atomic mass is 10.3. The van der Waals surface area contributed by atoms with Gasteiger partial charge in [0.2, 0.25) is 0 Å². The molecule has 0 saturated heterocycles. The molecule has 0 aliphatic rings. The minimum absolute atomic E-state index is 0.155. The van der Waals surface area contributed by atoms with E-state index in [-0.39, 0.29) is 13.1 Å². The number of hydrogen-bond donors (Lipinski definition) is 0. The van der Waals surface area contributed by atoms with Crippen LogP contribution in [0.2, 0.25) is 0 Å². The van der Waals surface area contributed by atoms with Crippen molar-refractivity contribution in [3.05, 3.63) is 22.3 Å². The molecular weight excluding hydrogens is 256 g/mol. The maximum absolute atomic E-state index is 8.64. The van der Waals surface area contributed by atoms with Crippen LogP contribution in [-0.2, 0) is 0 Å². The van der Waals surface area contributed by atoms with Crippen molar-refractivity contribution >= 4 is 21.7 Å². The summed E-state index contributed by atoms with van der Waals surface area (Å²) in [6, 6.07) is 5.89. The summed E-state index contributed by atoms with van der Waals surface area (Å²) in [7, 11) is 0. The summed E-state index contributed by atoms with van der Waals surface area (Å²) in [6.07, 6.45) is 1.66. The molecule has 0 spiro atoms. The highest BCUT2D eigenvalue weighted by Crippen LogP contribution is 2.26. The van der Waals surface area contributed by atoms with Gasteiger partial charge in [0.05, 0.1) is 16.6 Å². The lowest BCUT2D eigenvalue weighted by molar-refractivity contribution is 0.928. The lowest BCUT2D eigenvalue weighted by Crippen LogP contribution is -2.25. The van der Waals surface area contributed by atoms with E-state index in [1.165, 1.54) is 0 Å². The molecule has 4 nitrogen and oxygen atoms in total. The van der Waals surface area contributed by atoms with Crippen molar-refractivity contribution in [3.63, 3.8) is 0 Å². The zero-order chi connectivity index (χ0) is 11.3. The number of anilines is 1. The Bertz CT molecular complexity index is 414. The fourth-order valence-electron chi connectivity index (χ4n) is 1.12. The van der Waals surface area contributed by atoms with Gasteiger partial charge in [0.15, 0.2) is 0 Å². The van der Waals surface area contributed by atoms with Gasteiger partial charge in [0, 0.05) is 6.20 Å². The quantitative estimate of drug-likeness (QED) is 0.784. The molecule has 0 fully saturated rings. The maximum Gasteiger partial charge on any atom is 0.144 e. The molecule has 15 heavy (non-hydrogen) atoms. The second kappa shape index (κ2) is 5.33. The van der Waals surface area contributed by atoms with Crippen LogP contribution < -0.4 is 4.90 Å². The van der Waals surface area contributed by atoms with Crippen LogP contribution in [0.15, 0.2) is 16.7 Å². The van der Waals surface area contributed by atoms with Gasteiger partial charge >= 0.3 is 0 Å². The first kappa shape index (κ1) is 11.5. The Morgan fingerprint density at radius 1 is 1.40 bits per heavy atom. The summed E-state index contributed by atoms with van der Waals surface area (Å²) >= 11 is 3.40. The van der Waals surface area contributed by atoms with Gasteiger partial charge in [0.25, 0.3) is 0 Å². The maximum atomic E-state index is 8.64. The smallest absolute Gasteiger partial charge is 0.144 e. The monoisotopic (exact) mass is 264 g/mol. The van der Waals surface area contributed by atoms with Crippen molar-refractivity contribution in [1.29, 1.82) is 10.5 Å². The Labute approximate surface area is 96.9 Å². The summed E-state index contributed by atoms with van der Waals surface area (Å²) in [5, 5.41) is 17.3. The van der Waals surface area contributed by atoms with Crippen LogP contribution in [-0.4, -0.2) is 18.1 Å². The van der Waals surface area contributed by atoms with Crippen molar-refractivity contribution in [2.24, 2.45) is 0 Å². The summed E-state index contributed by atoms with van der Waals surface area (Å²) < 4.78 is 0.829. The molecule has 0 N–H and O–H groups in total. The van der Waals surface area contributed by atoms with E-state index in [9.17, 15) is 0 Å². The second-order valence-electron chi connectivity index (χ2n) is 2.94. The molecule has 0 radical (unpaired) electrons. The third-order valence-electron chi connectivity index (χ3n) is 1.89. The molecule has 0 bridgehead atoms. The van der Waals surface area contributed by atoms with E-state index in [2.05, 4.69) is 20.9 Å². The highest BCUT2D eigenvalue weighted by atomic mass is 79.9. The second-order valence-corrected chi connectivity index (χ2v) is 3.73. The standard InChI is InChI=1S/C10H9BrN4/c1-8-2-5-14-10(9(8)11)15(6-3-12)7-4-13/h2,5H,6-7H2,1H3.